The van der Waals surface area contributed by atoms with Gasteiger partial charge in [-0.1, -0.05) is 37.8 Å². The molecule has 0 saturated carbocycles. The van der Waals surface area contributed by atoms with Crippen LogP contribution in [-0.4, -0.2) is 54.0 Å². The van der Waals surface area contributed by atoms with Gasteiger partial charge in [0.15, 0.2) is 0 Å². The number of likely N-dealkylation sites (tertiary alicyclic amines) is 1. The number of urea groups is 1. The van der Waals surface area contributed by atoms with Gasteiger partial charge >= 0.3 is 6.03 Å². The number of aromatic nitrogens is 1. The van der Waals surface area contributed by atoms with Gasteiger partial charge in [0, 0.05) is 24.8 Å². The summed E-state index contributed by atoms with van der Waals surface area (Å²) in [6, 6.07) is 14.1. The van der Waals surface area contributed by atoms with Gasteiger partial charge in [-0.2, -0.15) is 0 Å². The Morgan fingerprint density at radius 3 is 2.40 bits per heavy atom. The van der Waals surface area contributed by atoms with Crippen LogP contribution in [0, 0.1) is 0 Å². The van der Waals surface area contributed by atoms with E-state index < -0.39 is 0 Å². The first-order valence-corrected chi connectivity index (χ1v) is 8.37. The van der Waals surface area contributed by atoms with Crippen LogP contribution in [0.4, 0.5) is 10.6 Å². The van der Waals surface area contributed by atoms with Gasteiger partial charge in [-0.05, 0) is 50.7 Å². The lowest BCUT2D eigenvalue weighted by molar-refractivity contribution is 0.156. The van der Waals surface area contributed by atoms with Crippen LogP contribution in [0.1, 0.15) is 20.3 Å². The summed E-state index contributed by atoms with van der Waals surface area (Å²) >= 11 is 0. The summed E-state index contributed by atoms with van der Waals surface area (Å²) in [6.45, 7) is 2.07. The molecule has 0 radical (unpaired) electrons. The smallest absolute Gasteiger partial charge is 0.323 e. The van der Waals surface area contributed by atoms with E-state index in [0.717, 1.165) is 37.1 Å². The van der Waals surface area contributed by atoms with Crippen molar-refractivity contribution in [1.29, 1.82) is 0 Å². The highest BCUT2D eigenvalue weighted by atomic mass is 16.2. The second kappa shape index (κ2) is 8.62. The molecule has 0 aliphatic carbocycles. The van der Waals surface area contributed by atoms with Crippen molar-refractivity contribution in [3.05, 3.63) is 48.7 Å². The van der Waals surface area contributed by atoms with Gasteiger partial charge in [0.05, 0.1) is 0 Å². The highest BCUT2D eigenvalue weighted by Gasteiger charge is 2.24. The third kappa shape index (κ3) is 4.79. The zero-order valence-electron chi connectivity index (χ0n) is 14.3. The standard InChI is InChI=1S/C19H24N4O.CH4/c1-22-12-10-17(11-13-22)23(2)19(24)21-18-9-8-16(14-20-18)15-6-4-3-5-7-15;/h3-9,14,17H,10-13H2,1-2H3,(H,20,21,24);1H4. The number of nitrogens with zero attached hydrogens (tertiary/aromatic N) is 3. The molecular weight excluding hydrogens is 312 g/mol. The number of hydrogen-bond acceptors (Lipinski definition) is 3. The largest absolute Gasteiger partial charge is 0.324 e. The summed E-state index contributed by atoms with van der Waals surface area (Å²) in [7, 11) is 3.98. The number of carbonyl (C=O) groups is 1. The molecule has 1 aromatic carbocycles. The molecule has 0 unspecified atom stereocenters. The van der Waals surface area contributed by atoms with E-state index in [-0.39, 0.29) is 13.5 Å². The van der Waals surface area contributed by atoms with Gasteiger partial charge in [0.1, 0.15) is 5.82 Å². The van der Waals surface area contributed by atoms with E-state index in [1.165, 1.54) is 0 Å². The number of carbonyl (C=O) groups excluding carboxylic acids is 1. The van der Waals surface area contributed by atoms with Crippen molar-refractivity contribution in [3.8, 4) is 11.1 Å². The van der Waals surface area contributed by atoms with Gasteiger partial charge in [0.25, 0.3) is 0 Å². The SMILES string of the molecule is C.CN1CCC(N(C)C(=O)Nc2ccc(-c3ccccc3)cn2)CC1. The highest BCUT2D eigenvalue weighted by molar-refractivity contribution is 5.88. The number of nitrogens with one attached hydrogen (secondary N) is 1. The van der Waals surface area contributed by atoms with Crippen LogP contribution < -0.4 is 5.32 Å². The highest BCUT2D eigenvalue weighted by Crippen LogP contribution is 2.20. The van der Waals surface area contributed by atoms with E-state index in [9.17, 15) is 4.79 Å². The molecule has 2 aromatic rings. The Morgan fingerprint density at radius 2 is 1.80 bits per heavy atom. The Kier molecular flexibility index (Phi) is 6.53. The second-order valence-electron chi connectivity index (χ2n) is 6.37. The molecule has 1 saturated heterocycles. The number of amides is 2. The van der Waals surface area contributed by atoms with Crippen LogP contribution in [0.2, 0.25) is 0 Å². The molecule has 5 nitrogen and oxygen atoms in total. The van der Waals surface area contributed by atoms with Crippen molar-refractivity contribution in [3.63, 3.8) is 0 Å². The van der Waals surface area contributed by atoms with Gasteiger partial charge in [-0.3, -0.25) is 5.32 Å². The Labute approximate surface area is 150 Å². The fraction of sp³-hybridized carbons (Fsp3) is 0.400. The van der Waals surface area contributed by atoms with Crippen LogP contribution >= 0.6 is 0 Å². The van der Waals surface area contributed by atoms with Crippen LogP contribution in [0.25, 0.3) is 11.1 Å². The molecule has 1 aliphatic rings. The van der Waals surface area contributed by atoms with Gasteiger partial charge in [0.2, 0.25) is 0 Å². The molecule has 2 heterocycles. The maximum absolute atomic E-state index is 12.4. The Bertz CT molecular complexity index is 664. The van der Waals surface area contributed by atoms with Crippen molar-refractivity contribution in [2.45, 2.75) is 26.3 Å². The fourth-order valence-corrected chi connectivity index (χ4v) is 3.01. The predicted octanol–water partition coefficient (Wildman–Crippen LogP) is 3.94. The normalized spacial score (nSPS) is 15.3. The number of rotatable bonds is 3. The Balaban J connectivity index is 0.00000225. The summed E-state index contributed by atoms with van der Waals surface area (Å²) in [4.78, 5) is 20.9. The predicted molar refractivity (Wildman–Crippen MR) is 104 cm³/mol. The minimum Gasteiger partial charge on any atom is -0.324 e. The van der Waals surface area contributed by atoms with Crippen LogP contribution in [-0.2, 0) is 0 Å². The maximum atomic E-state index is 12.4. The van der Waals surface area contributed by atoms with E-state index in [2.05, 4.69) is 22.2 Å². The van der Waals surface area contributed by atoms with E-state index >= 15 is 0 Å². The summed E-state index contributed by atoms with van der Waals surface area (Å²) in [5.74, 6) is 0.583. The number of piperidine rings is 1. The number of benzene rings is 1. The van der Waals surface area contributed by atoms with Crippen LogP contribution in [0.5, 0.6) is 0 Å². The first kappa shape index (κ1) is 18.9. The minimum atomic E-state index is -0.0930. The lowest BCUT2D eigenvalue weighted by Crippen LogP contribution is -2.46. The molecule has 0 spiro atoms. The number of anilines is 1. The summed E-state index contributed by atoms with van der Waals surface area (Å²) in [5.41, 5.74) is 2.16. The molecule has 5 heteroatoms. The van der Waals surface area contributed by atoms with Gasteiger partial charge in [-0.15, -0.1) is 0 Å². The van der Waals surface area contributed by atoms with Gasteiger partial charge < -0.3 is 9.80 Å². The van der Waals surface area contributed by atoms with E-state index in [4.69, 9.17) is 0 Å². The van der Waals surface area contributed by atoms with Crippen molar-refractivity contribution < 1.29 is 4.79 Å². The average Bonchev–Trinajstić information content (AvgIpc) is 2.63. The molecule has 0 bridgehead atoms. The second-order valence-corrected chi connectivity index (χ2v) is 6.37. The van der Waals surface area contributed by atoms with Crippen molar-refractivity contribution >= 4 is 11.8 Å². The minimum absolute atomic E-state index is 0. The molecule has 134 valence electrons. The number of hydrogen-bond donors (Lipinski definition) is 1. The van der Waals surface area contributed by atoms with Crippen LogP contribution in [0.15, 0.2) is 48.7 Å². The maximum Gasteiger partial charge on any atom is 0.323 e. The third-order valence-corrected chi connectivity index (χ3v) is 4.66. The topological polar surface area (TPSA) is 48.5 Å². The zero-order chi connectivity index (χ0) is 16.9. The fourth-order valence-electron chi connectivity index (χ4n) is 3.01. The van der Waals surface area contributed by atoms with Crippen LogP contribution in [0.3, 0.4) is 0 Å². The van der Waals surface area contributed by atoms with Gasteiger partial charge in [-0.25, -0.2) is 9.78 Å². The molecule has 25 heavy (non-hydrogen) atoms. The quantitative estimate of drug-likeness (QED) is 0.920. The lowest BCUT2D eigenvalue weighted by Gasteiger charge is -2.34. The van der Waals surface area contributed by atoms with Crippen molar-refractivity contribution in [2.75, 3.05) is 32.5 Å². The van der Waals surface area contributed by atoms with Crippen molar-refractivity contribution in [1.82, 2.24) is 14.8 Å². The molecular formula is C20H28N4O. The summed E-state index contributed by atoms with van der Waals surface area (Å²) < 4.78 is 0. The summed E-state index contributed by atoms with van der Waals surface area (Å²) in [6.07, 6.45) is 3.82. The summed E-state index contributed by atoms with van der Waals surface area (Å²) in [5, 5.41) is 2.89. The van der Waals surface area contributed by atoms with Crippen molar-refractivity contribution in [2.24, 2.45) is 0 Å². The first-order valence-electron chi connectivity index (χ1n) is 8.37. The first-order chi connectivity index (χ1) is 11.6. The van der Waals surface area contributed by atoms with E-state index in [1.54, 1.807) is 11.1 Å². The molecule has 0 atom stereocenters. The Hall–Kier alpha value is -2.40. The lowest BCUT2D eigenvalue weighted by atomic mass is 10.0. The number of pyridine rings is 1. The molecule has 1 N–H and O–H groups in total. The average molecular weight is 340 g/mol. The molecule has 2 amide bonds. The monoisotopic (exact) mass is 340 g/mol. The van der Waals surface area contributed by atoms with E-state index in [1.807, 2.05) is 49.5 Å². The Morgan fingerprint density at radius 1 is 1.12 bits per heavy atom. The molecule has 1 aliphatic heterocycles. The third-order valence-electron chi connectivity index (χ3n) is 4.66. The molecule has 1 fully saturated rings. The van der Waals surface area contributed by atoms with E-state index in [0.29, 0.717) is 11.9 Å². The molecule has 3 rings (SSSR count). The zero-order valence-corrected chi connectivity index (χ0v) is 14.3. The molecule has 1 aromatic heterocycles.